The normalized spacial score (nSPS) is 25.2. The molecule has 3 N–H and O–H groups in total. The van der Waals surface area contributed by atoms with Gasteiger partial charge >= 0.3 is 5.97 Å². The van der Waals surface area contributed by atoms with Crippen LogP contribution in [0, 0.1) is 23.6 Å². The molecule has 38 heavy (non-hydrogen) atoms. The summed E-state index contributed by atoms with van der Waals surface area (Å²) in [7, 11) is 0. The van der Waals surface area contributed by atoms with E-state index in [0.29, 0.717) is 50.7 Å². The van der Waals surface area contributed by atoms with Crippen LogP contribution in [-0.4, -0.2) is 63.9 Å². The van der Waals surface area contributed by atoms with E-state index < -0.39 is 23.6 Å². The van der Waals surface area contributed by atoms with Crippen molar-refractivity contribution in [2.75, 3.05) is 19.8 Å². The molecule has 2 heterocycles. The molecule has 2 saturated heterocycles. The average molecular weight is 530 g/mol. The number of amides is 2. The molecular formula is C29H36FNO7. The molecule has 0 bridgehead atoms. The molecular weight excluding hydrogens is 493 g/mol. The molecule has 0 unspecified atom stereocenters. The second-order valence-corrected chi connectivity index (χ2v) is 10.4. The van der Waals surface area contributed by atoms with Crippen molar-refractivity contribution in [2.45, 2.75) is 64.4 Å². The van der Waals surface area contributed by atoms with Gasteiger partial charge in [-0.1, -0.05) is 31.1 Å². The van der Waals surface area contributed by atoms with Crippen LogP contribution in [0.15, 0.2) is 34.9 Å². The van der Waals surface area contributed by atoms with E-state index in [1.807, 2.05) is 13.0 Å². The number of fused-ring (bicyclic) bond motifs is 3. The number of carbonyl (C=O) groups is 3. The van der Waals surface area contributed by atoms with Crippen LogP contribution in [0.5, 0.6) is 5.75 Å². The van der Waals surface area contributed by atoms with Crippen LogP contribution >= 0.6 is 0 Å². The van der Waals surface area contributed by atoms with Crippen LogP contribution in [0.3, 0.4) is 0 Å². The smallest absolute Gasteiger partial charge is 0.303 e. The van der Waals surface area contributed by atoms with Crippen LogP contribution in [0.25, 0.3) is 6.08 Å². The van der Waals surface area contributed by atoms with Crippen LogP contribution in [0.1, 0.15) is 63.9 Å². The highest BCUT2D eigenvalue weighted by molar-refractivity contribution is 6.06. The number of phenolic OH excluding ortho intramolecular Hbond substituents is 1. The minimum atomic E-state index is -0.855. The fourth-order valence-electron chi connectivity index (χ4n) is 6.14. The zero-order valence-corrected chi connectivity index (χ0v) is 21.7. The Hall–Kier alpha value is -3.04. The van der Waals surface area contributed by atoms with Gasteiger partial charge in [0, 0.05) is 18.9 Å². The van der Waals surface area contributed by atoms with Gasteiger partial charge in [-0.15, -0.1) is 0 Å². The minimum absolute atomic E-state index is 0.0713. The Balaban J connectivity index is 1.43. The fourth-order valence-corrected chi connectivity index (χ4v) is 6.14. The number of benzene rings is 1. The number of aromatic hydroxyl groups is 1. The molecule has 2 amide bonds. The lowest BCUT2D eigenvalue weighted by atomic mass is 9.69. The number of likely N-dealkylation sites (tertiary alicyclic amines) is 1. The van der Waals surface area contributed by atoms with E-state index in [9.17, 15) is 29.0 Å². The first kappa shape index (κ1) is 28.0. The van der Waals surface area contributed by atoms with Crippen molar-refractivity contribution in [1.82, 2.24) is 4.90 Å². The molecule has 0 spiro atoms. The Labute approximate surface area is 221 Å². The molecule has 2 aliphatic heterocycles. The number of unbranched alkanes of at least 4 members (excludes halogenated alkanes) is 2. The second-order valence-electron chi connectivity index (χ2n) is 10.4. The van der Waals surface area contributed by atoms with E-state index in [4.69, 9.17) is 9.84 Å². The summed E-state index contributed by atoms with van der Waals surface area (Å²) in [5, 5.41) is 28.4. The zero-order chi connectivity index (χ0) is 27.4. The van der Waals surface area contributed by atoms with E-state index in [-0.39, 0.29) is 49.2 Å². The summed E-state index contributed by atoms with van der Waals surface area (Å²) in [4.78, 5) is 38.5. The molecule has 4 rings (SSSR count). The Kier molecular flexibility index (Phi) is 8.99. The maximum absolute atomic E-state index is 13.8. The number of carboxylic acid groups (broad SMARTS) is 1. The molecule has 0 saturated carbocycles. The lowest BCUT2D eigenvalue weighted by Gasteiger charge is -2.31. The predicted molar refractivity (Wildman–Crippen MR) is 137 cm³/mol. The Morgan fingerprint density at radius 3 is 2.63 bits per heavy atom. The second kappa shape index (κ2) is 12.2. The molecule has 0 aromatic heterocycles. The van der Waals surface area contributed by atoms with Crippen molar-refractivity contribution in [2.24, 2.45) is 17.8 Å². The highest BCUT2D eigenvalue weighted by Crippen LogP contribution is 2.49. The van der Waals surface area contributed by atoms with Crippen molar-refractivity contribution in [3.63, 3.8) is 0 Å². The van der Waals surface area contributed by atoms with Crippen molar-refractivity contribution in [3.8, 4) is 5.75 Å². The molecule has 1 aromatic carbocycles. The van der Waals surface area contributed by atoms with Crippen LogP contribution in [-0.2, 0) is 19.1 Å². The Morgan fingerprint density at radius 1 is 1.16 bits per heavy atom. The fraction of sp³-hybridized carbons (Fsp3) is 0.552. The number of allylic oxidation sites excluding steroid dienone is 1. The molecule has 206 valence electrons. The summed E-state index contributed by atoms with van der Waals surface area (Å²) in [6.45, 7) is 2.44. The number of aliphatic hydroxyl groups is 1. The number of phenols is 1. The third-order valence-electron chi connectivity index (χ3n) is 8.09. The maximum atomic E-state index is 13.8. The lowest BCUT2D eigenvalue weighted by Crippen LogP contribution is -2.35. The van der Waals surface area contributed by atoms with Gasteiger partial charge in [-0.25, -0.2) is 4.39 Å². The summed E-state index contributed by atoms with van der Waals surface area (Å²) in [6, 6.07) is 4.28. The molecule has 1 aliphatic carbocycles. The van der Waals surface area contributed by atoms with E-state index in [1.54, 1.807) is 6.07 Å². The predicted octanol–water partition coefficient (Wildman–Crippen LogP) is 4.06. The molecule has 4 atom stereocenters. The van der Waals surface area contributed by atoms with E-state index in [2.05, 4.69) is 0 Å². The van der Waals surface area contributed by atoms with Crippen LogP contribution < -0.4 is 0 Å². The molecule has 1 aromatic rings. The van der Waals surface area contributed by atoms with Gasteiger partial charge in [-0.05, 0) is 67.4 Å². The van der Waals surface area contributed by atoms with Gasteiger partial charge in [0.05, 0.1) is 31.2 Å². The van der Waals surface area contributed by atoms with Gasteiger partial charge in [0.25, 0.3) is 0 Å². The van der Waals surface area contributed by atoms with Gasteiger partial charge in [0.1, 0.15) is 0 Å². The number of nitrogens with zero attached hydrogens (tertiary/aromatic N) is 1. The average Bonchev–Trinajstić information content (AvgIpc) is 3.42. The van der Waals surface area contributed by atoms with E-state index in [1.165, 1.54) is 17.0 Å². The SMILES string of the molecule is CC/C(=C\c1ccc(O)c(F)c1)CC[C@H]1OC[C@H]2C1=C(CO)C[C@H]1C(=O)N(CCCCCC(=O)O)C(=O)[C@H]12. The van der Waals surface area contributed by atoms with Crippen molar-refractivity contribution >= 4 is 23.9 Å². The highest BCUT2D eigenvalue weighted by Gasteiger charge is 2.56. The van der Waals surface area contributed by atoms with Crippen LogP contribution in [0.4, 0.5) is 4.39 Å². The first-order chi connectivity index (χ1) is 18.2. The Morgan fingerprint density at radius 2 is 1.95 bits per heavy atom. The number of hydrogen-bond acceptors (Lipinski definition) is 6. The van der Waals surface area contributed by atoms with E-state index in [0.717, 1.165) is 23.1 Å². The highest BCUT2D eigenvalue weighted by atomic mass is 19.1. The summed E-state index contributed by atoms with van der Waals surface area (Å²) < 4.78 is 19.9. The number of hydrogen-bond donors (Lipinski definition) is 3. The molecule has 8 nitrogen and oxygen atoms in total. The van der Waals surface area contributed by atoms with Crippen LogP contribution in [0.2, 0.25) is 0 Å². The van der Waals surface area contributed by atoms with Gasteiger partial charge in [-0.3, -0.25) is 19.3 Å². The molecule has 3 aliphatic rings. The number of carboxylic acids is 1. The number of aliphatic hydroxyl groups excluding tert-OH is 1. The molecule has 9 heteroatoms. The summed E-state index contributed by atoms with van der Waals surface area (Å²) in [5.41, 5.74) is 3.48. The number of halogens is 1. The molecule has 0 radical (unpaired) electrons. The minimum Gasteiger partial charge on any atom is -0.505 e. The molecule has 2 fully saturated rings. The number of imide groups is 1. The number of rotatable bonds is 12. The lowest BCUT2D eigenvalue weighted by molar-refractivity contribution is -0.141. The number of aliphatic carboxylic acids is 1. The first-order valence-corrected chi connectivity index (χ1v) is 13.4. The maximum Gasteiger partial charge on any atom is 0.303 e. The topological polar surface area (TPSA) is 124 Å². The van der Waals surface area contributed by atoms with Gasteiger partial charge in [-0.2, -0.15) is 0 Å². The van der Waals surface area contributed by atoms with Crippen molar-refractivity contribution in [3.05, 3.63) is 46.3 Å². The van der Waals surface area contributed by atoms with Gasteiger partial charge < -0.3 is 20.1 Å². The third kappa shape index (κ3) is 5.83. The summed E-state index contributed by atoms with van der Waals surface area (Å²) in [6.07, 6.45) is 5.84. The monoisotopic (exact) mass is 529 g/mol. The Bertz CT molecular complexity index is 1140. The van der Waals surface area contributed by atoms with E-state index >= 15 is 0 Å². The standard InChI is InChI=1S/C29H36FNO7/c1-2-17(12-18-7-9-23(33)22(30)13-18)8-10-24-26-19(15-32)14-20-27(21(26)16-38-24)29(37)31(28(20)36)11-5-3-4-6-25(34)35/h7,9,12-13,20-21,24,27,32-33H,2-6,8,10-11,14-16H2,1H3,(H,34,35)/b17-12+/t20-,21+,24-,27-/m1/s1. The first-order valence-electron chi connectivity index (χ1n) is 13.4. The van der Waals surface area contributed by atoms with Gasteiger partial charge in [0.15, 0.2) is 11.6 Å². The van der Waals surface area contributed by atoms with Crippen molar-refractivity contribution in [1.29, 1.82) is 0 Å². The summed E-state index contributed by atoms with van der Waals surface area (Å²) in [5.74, 6) is -3.53. The van der Waals surface area contributed by atoms with Gasteiger partial charge in [0.2, 0.25) is 11.8 Å². The largest absolute Gasteiger partial charge is 0.505 e. The third-order valence-corrected chi connectivity index (χ3v) is 8.09. The van der Waals surface area contributed by atoms with Crippen molar-refractivity contribution < 1.29 is 38.8 Å². The zero-order valence-electron chi connectivity index (χ0n) is 21.7. The summed E-state index contributed by atoms with van der Waals surface area (Å²) >= 11 is 0. The number of carbonyl (C=O) groups excluding carboxylic acids is 2. The quantitative estimate of drug-likeness (QED) is 0.212. The number of ether oxygens (including phenoxy) is 1.